The van der Waals surface area contributed by atoms with Crippen LogP contribution in [0.15, 0.2) is 72.8 Å². The standard InChI is InChI=1S/C24H27NO3/c1-5-25-24(18-12-6-9-15-21(18)26-2,19-13-7-10-16-22(19)27-3)20-14-8-11-17-23(20)28-4/h6-17,25H,5H2,1-4H3. The molecule has 28 heavy (non-hydrogen) atoms. The summed E-state index contributed by atoms with van der Waals surface area (Å²) in [6, 6.07) is 24.2. The highest BCUT2D eigenvalue weighted by atomic mass is 16.5. The van der Waals surface area contributed by atoms with Crippen LogP contribution < -0.4 is 19.5 Å². The number of nitrogens with one attached hydrogen (secondary N) is 1. The Bertz CT molecular complexity index is 807. The lowest BCUT2D eigenvalue weighted by atomic mass is 9.75. The Hall–Kier alpha value is -2.98. The van der Waals surface area contributed by atoms with Gasteiger partial charge in [0.25, 0.3) is 0 Å². The number of methoxy groups -OCH3 is 3. The number of benzene rings is 3. The molecule has 3 aromatic rings. The van der Waals surface area contributed by atoms with Crippen LogP contribution in [-0.2, 0) is 5.54 Å². The highest BCUT2D eigenvalue weighted by Gasteiger charge is 2.42. The van der Waals surface area contributed by atoms with Gasteiger partial charge in [-0.15, -0.1) is 0 Å². The molecule has 0 spiro atoms. The summed E-state index contributed by atoms with van der Waals surface area (Å²) in [5.74, 6) is 2.38. The number of para-hydroxylation sites is 3. The minimum Gasteiger partial charge on any atom is -0.496 e. The fraction of sp³-hybridized carbons (Fsp3) is 0.250. The lowest BCUT2D eigenvalue weighted by Crippen LogP contribution is -2.45. The highest BCUT2D eigenvalue weighted by Crippen LogP contribution is 2.47. The molecule has 0 amide bonds. The first kappa shape index (κ1) is 19.8. The van der Waals surface area contributed by atoms with E-state index in [0.717, 1.165) is 40.5 Å². The Labute approximate surface area is 167 Å². The van der Waals surface area contributed by atoms with Gasteiger partial charge in [-0.3, -0.25) is 5.32 Å². The van der Waals surface area contributed by atoms with Crippen LogP contribution in [0.25, 0.3) is 0 Å². The normalized spacial score (nSPS) is 11.1. The van der Waals surface area contributed by atoms with Crippen molar-refractivity contribution in [2.75, 3.05) is 27.9 Å². The van der Waals surface area contributed by atoms with Crippen LogP contribution in [-0.4, -0.2) is 27.9 Å². The Morgan fingerprint density at radius 3 is 1.21 bits per heavy atom. The van der Waals surface area contributed by atoms with Crippen molar-refractivity contribution in [3.8, 4) is 17.2 Å². The van der Waals surface area contributed by atoms with E-state index >= 15 is 0 Å². The van der Waals surface area contributed by atoms with Gasteiger partial charge in [0.1, 0.15) is 22.8 Å². The second kappa shape index (κ2) is 8.81. The molecule has 0 radical (unpaired) electrons. The maximum atomic E-state index is 5.77. The molecule has 0 saturated carbocycles. The van der Waals surface area contributed by atoms with Gasteiger partial charge in [0.05, 0.1) is 21.3 Å². The third kappa shape index (κ3) is 3.32. The molecule has 0 fully saturated rings. The lowest BCUT2D eigenvalue weighted by molar-refractivity contribution is 0.358. The summed E-state index contributed by atoms with van der Waals surface area (Å²) in [6.07, 6.45) is 0. The topological polar surface area (TPSA) is 39.7 Å². The summed E-state index contributed by atoms with van der Waals surface area (Å²) in [6.45, 7) is 2.82. The maximum Gasteiger partial charge on any atom is 0.124 e. The van der Waals surface area contributed by atoms with Gasteiger partial charge in [-0.25, -0.2) is 0 Å². The van der Waals surface area contributed by atoms with Crippen LogP contribution in [0.4, 0.5) is 0 Å². The Balaban J connectivity index is 2.47. The number of ether oxygens (including phenoxy) is 3. The van der Waals surface area contributed by atoms with Gasteiger partial charge in [0.2, 0.25) is 0 Å². The monoisotopic (exact) mass is 377 g/mol. The van der Waals surface area contributed by atoms with Crippen molar-refractivity contribution in [3.05, 3.63) is 89.5 Å². The molecule has 4 heteroatoms. The number of hydrogen-bond donors (Lipinski definition) is 1. The fourth-order valence-electron chi connectivity index (χ4n) is 3.85. The minimum absolute atomic E-state index is 0.722. The molecule has 0 unspecified atom stereocenters. The summed E-state index contributed by atoms with van der Waals surface area (Å²) in [4.78, 5) is 0. The Morgan fingerprint density at radius 2 is 0.929 bits per heavy atom. The van der Waals surface area contributed by atoms with Gasteiger partial charge in [-0.2, -0.15) is 0 Å². The SMILES string of the molecule is CCNC(c1ccccc1OC)(c1ccccc1OC)c1ccccc1OC. The van der Waals surface area contributed by atoms with Crippen LogP contribution in [0.2, 0.25) is 0 Å². The lowest BCUT2D eigenvalue weighted by Gasteiger charge is -2.39. The molecule has 0 atom stereocenters. The molecule has 3 rings (SSSR count). The van der Waals surface area contributed by atoms with Gasteiger partial charge in [0.15, 0.2) is 0 Å². The first-order chi connectivity index (χ1) is 13.7. The molecule has 146 valence electrons. The molecule has 0 heterocycles. The molecule has 4 nitrogen and oxygen atoms in total. The third-order valence-electron chi connectivity index (χ3n) is 4.97. The summed E-state index contributed by atoms with van der Waals surface area (Å²) >= 11 is 0. The highest BCUT2D eigenvalue weighted by molar-refractivity contribution is 5.61. The van der Waals surface area contributed by atoms with Crippen LogP contribution in [0, 0.1) is 0 Å². The Kier molecular flexibility index (Phi) is 6.22. The van der Waals surface area contributed by atoms with Crippen molar-refractivity contribution in [2.45, 2.75) is 12.5 Å². The van der Waals surface area contributed by atoms with Crippen molar-refractivity contribution in [1.29, 1.82) is 0 Å². The van der Waals surface area contributed by atoms with Crippen molar-refractivity contribution >= 4 is 0 Å². The second-order valence-corrected chi connectivity index (χ2v) is 6.38. The third-order valence-corrected chi connectivity index (χ3v) is 4.97. The molecule has 0 aromatic heterocycles. The van der Waals surface area contributed by atoms with E-state index in [-0.39, 0.29) is 0 Å². The van der Waals surface area contributed by atoms with E-state index in [9.17, 15) is 0 Å². The predicted molar refractivity (Wildman–Crippen MR) is 113 cm³/mol. The first-order valence-corrected chi connectivity index (χ1v) is 9.38. The van der Waals surface area contributed by atoms with Gasteiger partial charge < -0.3 is 14.2 Å². The van der Waals surface area contributed by atoms with E-state index in [0.29, 0.717) is 0 Å². The summed E-state index contributed by atoms with van der Waals surface area (Å²) in [7, 11) is 5.08. The zero-order valence-corrected chi connectivity index (χ0v) is 16.9. The summed E-state index contributed by atoms with van der Waals surface area (Å²) < 4.78 is 17.3. The second-order valence-electron chi connectivity index (χ2n) is 6.38. The van der Waals surface area contributed by atoms with E-state index in [1.54, 1.807) is 21.3 Å². The van der Waals surface area contributed by atoms with E-state index in [4.69, 9.17) is 14.2 Å². The fourth-order valence-corrected chi connectivity index (χ4v) is 3.85. The zero-order valence-electron chi connectivity index (χ0n) is 16.9. The van der Waals surface area contributed by atoms with Crippen LogP contribution >= 0.6 is 0 Å². The van der Waals surface area contributed by atoms with Crippen molar-refractivity contribution in [2.24, 2.45) is 0 Å². The average Bonchev–Trinajstić information content (AvgIpc) is 2.77. The van der Waals surface area contributed by atoms with Crippen molar-refractivity contribution < 1.29 is 14.2 Å². The van der Waals surface area contributed by atoms with Gasteiger partial charge >= 0.3 is 0 Å². The number of hydrogen-bond acceptors (Lipinski definition) is 4. The Morgan fingerprint density at radius 1 is 0.607 bits per heavy atom. The molecule has 0 aliphatic rings. The molecule has 1 N–H and O–H groups in total. The zero-order chi connectivity index (χ0) is 20.0. The van der Waals surface area contributed by atoms with E-state index in [1.165, 1.54) is 0 Å². The summed E-state index contributed by atoms with van der Waals surface area (Å²) in [5, 5.41) is 3.73. The van der Waals surface area contributed by atoms with E-state index in [1.807, 2.05) is 54.6 Å². The summed E-state index contributed by atoms with van der Waals surface area (Å²) in [5.41, 5.74) is 2.26. The van der Waals surface area contributed by atoms with Gasteiger partial charge in [-0.1, -0.05) is 61.5 Å². The van der Waals surface area contributed by atoms with Gasteiger partial charge in [0, 0.05) is 16.7 Å². The van der Waals surface area contributed by atoms with Crippen LogP contribution in [0.3, 0.4) is 0 Å². The van der Waals surface area contributed by atoms with Crippen molar-refractivity contribution in [1.82, 2.24) is 5.32 Å². The molecule has 0 aliphatic heterocycles. The molecular weight excluding hydrogens is 350 g/mol. The minimum atomic E-state index is -0.722. The maximum absolute atomic E-state index is 5.77. The predicted octanol–water partition coefficient (Wildman–Crippen LogP) is 4.61. The van der Waals surface area contributed by atoms with Gasteiger partial charge in [-0.05, 0) is 24.7 Å². The van der Waals surface area contributed by atoms with Crippen LogP contribution in [0.1, 0.15) is 23.6 Å². The van der Waals surface area contributed by atoms with E-state index < -0.39 is 5.54 Å². The quantitative estimate of drug-likeness (QED) is 0.582. The largest absolute Gasteiger partial charge is 0.496 e. The average molecular weight is 377 g/mol. The molecular formula is C24H27NO3. The molecule has 3 aromatic carbocycles. The molecule has 0 bridgehead atoms. The van der Waals surface area contributed by atoms with E-state index in [2.05, 4.69) is 30.4 Å². The van der Waals surface area contributed by atoms with Crippen molar-refractivity contribution in [3.63, 3.8) is 0 Å². The molecule has 0 aliphatic carbocycles. The smallest absolute Gasteiger partial charge is 0.124 e. The first-order valence-electron chi connectivity index (χ1n) is 9.38. The number of rotatable bonds is 8. The molecule has 0 saturated heterocycles. The van der Waals surface area contributed by atoms with Crippen LogP contribution in [0.5, 0.6) is 17.2 Å².